The third kappa shape index (κ3) is 5.36. The summed E-state index contributed by atoms with van der Waals surface area (Å²) in [6.45, 7) is 3.96. The molecule has 0 spiro atoms. The Kier molecular flexibility index (Phi) is 7.36. The van der Waals surface area contributed by atoms with Crippen LogP contribution in [0.2, 0.25) is 0 Å². The number of carboxylic acids is 1. The lowest BCUT2D eigenvalue weighted by Crippen LogP contribution is -2.47. The SMILES string of the molecule is CCOCCCNC(=O)NCC1(C(=O)O)CCCCC1. The Morgan fingerprint density at radius 3 is 2.50 bits per heavy atom. The van der Waals surface area contributed by atoms with Crippen molar-refractivity contribution >= 4 is 12.0 Å². The quantitative estimate of drug-likeness (QED) is 0.593. The van der Waals surface area contributed by atoms with Crippen LogP contribution in [0.5, 0.6) is 0 Å². The summed E-state index contributed by atoms with van der Waals surface area (Å²) >= 11 is 0. The highest BCUT2D eigenvalue weighted by atomic mass is 16.5. The average Bonchev–Trinajstić information content (AvgIpc) is 2.46. The molecule has 0 aliphatic heterocycles. The number of urea groups is 1. The van der Waals surface area contributed by atoms with Crippen LogP contribution >= 0.6 is 0 Å². The molecule has 20 heavy (non-hydrogen) atoms. The van der Waals surface area contributed by atoms with Gasteiger partial charge in [-0.05, 0) is 26.2 Å². The molecule has 2 amide bonds. The van der Waals surface area contributed by atoms with Gasteiger partial charge in [-0.15, -0.1) is 0 Å². The van der Waals surface area contributed by atoms with Crippen LogP contribution in [0, 0.1) is 5.41 Å². The summed E-state index contributed by atoms with van der Waals surface area (Å²) in [4.78, 5) is 23.1. The second-order valence-corrected chi connectivity index (χ2v) is 5.31. The van der Waals surface area contributed by atoms with E-state index in [0.29, 0.717) is 32.6 Å². The van der Waals surface area contributed by atoms with Crippen LogP contribution < -0.4 is 10.6 Å². The molecular weight excluding hydrogens is 260 g/mol. The van der Waals surface area contributed by atoms with Crippen LogP contribution in [-0.2, 0) is 9.53 Å². The van der Waals surface area contributed by atoms with Gasteiger partial charge in [0.15, 0.2) is 0 Å². The Balaban J connectivity index is 2.25. The molecule has 0 atom stereocenters. The van der Waals surface area contributed by atoms with E-state index in [1.807, 2.05) is 6.92 Å². The Labute approximate surface area is 120 Å². The molecular formula is C14H26N2O4. The molecule has 0 aromatic heterocycles. The van der Waals surface area contributed by atoms with Gasteiger partial charge < -0.3 is 20.5 Å². The van der Waals surface area contributed by atoms with Gasteiger partial charge in [0, 0.05) is 26.3 Å². The van der Waals surface area contributed by atoms with Crippen LogP contribution in [0.3, 0.4) is 0 Å². The molecule has 116 valence electrons. The molecule has 3 N–H and O–H groups in total. The molecule has 0 radical (unpaired) electrons. The number of ether oxygens (including phenoxy) is 1. The van der Waals surface area contributed by atoms with Gasteiger partial charge in [0.25, 0.3) is 0 Å². The first-order valence-corrected chi connectivity index (χ1v) is 7.43. The van der Waals surface area contributed by atoms with Gasteiger partial charge in [-0.3, -0.25) is 4.79 Å². The summed E-state index contributed by atoms with van der Waals surface area (Å²) in [6, 6.07) is -0.298. The van der Waals surface area contributed by atoms with E-state index >= 15 is 0 Å². The number of carbonyl (C=O) groups excluding carboxylic acids is 1. The molecule has 0 aromatic carbocycles. The topological polar surface area (TPSA) is 87.7 Å². The Hall–Kier alpha value is -1.30. The smallest absolute Gasteiger partial charge is 0.314 e. The summed E-state index contributed by atoms with van der Waals surface area (Å²) in [6.07, 6.45) is 4.97. The molecule has 6 heteroatoms. The van der Waals surface area contributed by atoms with Gasteiger partial charge in [-0.25, -0.2) is 4.79 Å². The second-order valence-electron chi connectivity index (χ2n) is 5.31. The average molecular weight is 286 g/mol. The second kappa shape index (κ2) is 8.79. The van der Waals surface area contributed by atoms with Crippen molar-refractivity contribution in [1.82, 2.24) is 10.6 Å². The number of aliphatic carboxylic acids is 1. The zero-order chi connectivity index (χ0) is 14.8. The normalized spacial score (nSPS) is 17.4. The fourth-order valence-electron chi connectivity index (χ4n) is 2.53. The Morgan fingerprint density at radius 2 is 1.90 bits per heavy atom. The molecule has 1 fully saturated rings. The number of amides is 2. The molecule has 0 aromatic rings. The number of rotatable bonds is 8. The molecule has 1 aliphatic rings. The van der Waals surface area contributed by atoms with Crippen LogP contribution in [0.25, 0.3) is 0 Å². The number of hydrogen-bond acceptors (Lipinski definition) is 3. The van der Waals surface area contributed by atoms with Crippen LogP contribution in [-0.4, -0.2) is 43.4 Å². The maximum atomic E-state index is 11.6. The minimum Gasteiger partial charge on any atom is -0.481 e. The summed E-state index contributed by atoms with van der Waals surface area (Å²) in [5, 5.41) is 14.8. The standard InChI is InChI=1S/C14H26N2O4/c1-2-20-10-6-9-15-13(19)16-11-14(12(17)18)7-4-3-5-8-14/h2-11H2,1H3,(H,17,18)(H2,15,16,19). The molecule has 0 saturated heterocycles. The fraction of sp³-hybridized carbons (Fsp3) is 0.857. The van der Waals surface area contributed by atoms with Gasteiger partial charge >= 0.3 is 12.0 Å². The van der Waals surface area contributed by atoms with Crippen molar-refractivity contribution in [3.05, 3.63) is 0 Å². The van der Waals surface area contributed by atoms with Gasteiger partial charge in [-0.1, -0.05) is 19.3 Å². The maximum Gasteiger partial charge on any atom is 0.314 e. The number of hydrogen-bond donors (Lipinski definition) is 3. The zero-order valence-electron chi connectivity index (χ0n) is 12.2. The van der Waals surface area contributed by atoms with E-state index < -0.39 is 11.4 Å². The predicted octanol–water partition coefficient (Wildman–Crippen LogP) is 1.75. The van der Waals surface area contributed by atoms with E-state index in [1.54, 1.807) is 0 Å². The van der Waals surface area contributed by atoms with Gasteiger partial charge in [0.2, 0.25) is 0 Å². The van der Waals surface area contributed by atoms with Crippen LogP contribution in [0.4, 0.5) is 4.79 Å². The lowest BCUT2D eigenvalue weighted by atomic mass is 9.74. The van der Waals surface area contributed by atoms with Crippen molar-refractivity contribution in [3.63, 3.8) is 0 Å². The van der Waals surface area contributed by atoms with Crippen molar-refractivity contribution in [1.29, 1.82) is 0 Å². The summed E-state index contributed by atoms with van der Waals surface area (Å²) in [5.41, 5.74) is -0.777. The third-order valence-electron chi connectivity index (χ3n) is 3.81. The largest absolute Gasteiger partial charge is 0.481 e. The molecule has 0 heterocycles. The van der Waals surface area contributed by atoms with E-state index in [9.17, 15) is 14.7 Å². The summed E-state index contributed by atoms with van der Waals surface area (Å²) in [5.74, 6) is -0.797. The first-order valence-electron chi connectivity index (χ1n) is 7.43. The molecule has 1 aliphatic carbocycles. The maximum absolute atomic E-state index is 11.6. The highest BCUT2D eigenvalue weighted by Gasteiger charge is 2.39. The lowest BCUT2D eigenvalue weighted by molar-refractivity contribution is -0.150. The number of carbonyl (C=O) groups is 2. The molecule has 6 nitrogen and oxygen atoms in total. The first-order chi connectivity index (χ1) is 9.60. The zero-order valence-corrected chi connectivity index (χ0v) is 12.2. The van der Waals surface area contributed by atoms with Crippen molar-refractivity contribution in [2.75, 3.05) is 26.3 Å². The summed E-state index contributed by atoms with van der Waals surface area (Å²) in [7, 11) is 0. The third-order valence-corrected chi connectivity index (χ3v) is 3.81. The Morgan fingerprint density at radius 1 is 1.20 bits per heavy atom. The molecule has 1 saturated carbocycles. The molecule has 0 unspecified atom stereocenters. The minimum absolute atomic E-state index is 0.208. The van der Waals surface area contributed by atoms with E-state index in [0.717, 1.165) is 25.7 Å². The number of nitrogens with one attached hydrogen (secondary N) is 2. The van der Waals surface area contributed by atoms with E-state index in [4.69, 9.17) is 4.74 Å². The molecule has 1 rings (SSSR count). The first kappa shape index (κ1) is 16.8. The lowest BCUT2D eigenvalue weighted by Gasteiger charge is -2.33. The van der Waals surface area contributed by atoms with Gasteiger partial charge in [0.1, 0.15) is 0 Å². The van der Waals surface area contributed by atoms with Crippen molar-refractivity contribution in [2.45, 2.75) is 45.4 Å². The van der Waals surface area contributed by atoms with Crippen LogP contribution in [0.15, 0.2) is 0 Å². The van der Waals surface area contributed by atoms with Crippen molar-refractivity contribution < 1.29 is 19.4 Å². The van der Waals surface area contributed by atoms with E-state index in [2.05, 4.69) is 10.6 Å². The van der Waals surface area contributed by atoms with Gasteiger partial charge in [-0.2, -0.15) is 0 Å². The highest BCUT2D eigenvalue weighted by molar-refractivity contribution is 5.78. The summed E-state index contributed by atoms with van der Waals surface area (Å²) < 4.78 is 5.17. The van der Waals surface area contributed by atoms with Crippen molar-refractivity contribution in [2.24, 2.45) is 5.41 Å². The predicted molar refractivity (Wildman–Crippen MR) is 75.7 cm³/mol. The number of carboxylic acid groups (broad SMARTS) is 1. The molecule has 0 bridgehead atoms. The monoisotopic (exact) mass is 286 g/mol. The van der Waals surface area contributed by atoms with Crippen LogP contribution in [0.1, 0.15) is 45.4 Å². The van der Waals surface area contributed by atoms with Gasteiger partial charge in [0.05, 0.1) is 5.41 Å². The minimum atomic E-state index is -0.797. The highest BCUT2D eigenvalue weighted by Crippen LogP contribution is 2.35. The van der Waals surface area contributed by atoms with E-state index in [-0.39, 0.29) is 12.6 Å². The fourth-order valence-corrected chi connectivity index (χ4v) is 2.53. The van der Waals surface area contributed by atoms with E-state index in [1.165, 1.54) is 0 Å². The Bertz CT molecular complexity index is 314. The van der Waals surface area contributed by atoms with Crippen molar-refractivity contribution in [3.8, 4) is 0 Å².